The molecule has 1 amide bonds. The fraction of sp³-hybridized carbons (Fsp3) is 0.435. The van der Waals surface area contributed by atoms with Gasteiger partial charge in [0.15, 0.2) is 6.61 Å². The van der Waals surface area contributed by atoms with E-state index >= 15 is 0 Å². The summed E-state index contributed by atoms with van der Waals surface area (Å²) in [4.78, 5) is 40.6. The van der Waals surface area contributed by atoms with E-state index in [4.69, 9.17) is 4.74 Å². The molecule has 152 valence electrons. The Kier molecular flexibility index (Phi) is 6.09. The predicted octanol–water partition coefficient (Wildman–Crippen LogP) is 4.32. The molecule has 2 aliphatic rings. The number of ketones is 1. The lowest BCUT2D eigenvalue weighted by molar-refractivity contribution is -0.140. The maximum atomic E-state index is 12.8. The Morgan fingerprint density at radius 1 is 0.966 bits per heavy atom. The summed E-state index contributed by atoms with van der Waals surface area (Å²) in [5.74, 6) is -0.380. The third-order valence-corrected chi connectivity index (χ3v) is 6.90. The van der Waals surface area contributed by atoms with Crippen molar-refractivity contribution in [2.75, 3.05) is 13.2 Å². The van der Waals surface area contributed by atoms with Gasteiger partial charge in [-0.05, 0) is 49.1 Å². The highest BCUT2D eigenvalue weighted by molar-refractivity contribution is 7.12. The largest absolute Gasteiger partial charge is 0.452 e. The summed E-state index contributed by atoms with van der Waals surface area (Å²) in [6.45, 7) is 0.467. The van der Waals surface area contributed by atoms with Crippen LogP contribution in [0.1, 0.15) is 64.1 Å². The molecule has 0 unspecified atom stereocenters. The smallest absolute Gasteiger partial charge is 0.339 e. The van der Waals surface area contributed by atoms with Crippen LogP contribution in [-0.4, -0.2) is 41.8 Å². The van der Waals surface area contributed by atoms with Crippen LogP contribution >= 0.6 is 11.3 Å². The van der Waals surface area contributed by atoms with Gasteiger partial charge in [0, 0.05) is 18.2 Å². The van der Waals surface area contributed by atoms with Crippen molar-refractivity contribution >= 4 is 29.0 Å². The summed E-state index contributed by atoms with van der Waals surface area (Å²) in [6.07, 6.45) is 6.83. The first-order chi connectivity index (χ1) is 14.1. The molecular formula is C23H25NO4S. The van der Waals surface area contributed by atoms with Gasteiger partial charge in [0.05, 0.1) is 10.4 Å². The first-order valence-electron chi connectivity index (χ1n) is 10.3. The van der Waals surface area contributed by atoms with Crippen molar-refractivity contribution in [3.8, 4) is 0 Å². The molecule has 1 saturated carbocycles. The van der Waals surface area contributed by atoms with Gasteiger partial charge >= 0.3 is 5.97 Å². The van der Waals surface area contributed by atoms with Crippen molar-refractivity contribution in [2.45, 2.75) is 44.6 Å². The molecule has 1 aromatic heterocycles. The van der Waals surface area contributed by atoms with Crippen LogP contribution in [0.5, 0.6) is 0 Å². The molecule has 1 saturated heterocycles. The van der Waals surface area contributed by atoms with E-state index in [1.54, 1.807) is 36.4 Å². The van der Waals surface area contributed by atoms with E-state index < -0.39 is 5.97 Å². The number of benzene rings is 1. The standard InChI is InChI=1S/C23H25NO4S/c25-21(24-13-5-8-16-7-1-4-11-19(16)24)15-28-23(27)18-10-3-2-9-17(18)22(26)20-12-6-14-29-20/h2-3,6,9-10,12,14,16,19H,1,4-5,7-8,11,13,15H2/t16-,19+/m1/s1. The van der Waals surface area contributed by atoms with Gasteiger partial charge in [-0.2, -0.15) is 0 Å². The maximum Gasteiger partial charge on any atom is 0.339 e. The van der Waals surface area contributed by atoms with Crippen molar-refractivity contribution in [3.63, 3.8) is 0 Å². The average Bonchev–Trinajstić information content (AvgIpc) is 3.31. The number of piperidine rings is 1. The quantitative estimate of drug-likeness (QED) is 0.543. The molecule has 0 spiro atoms. The topological polar surface area (TPSA) is 63.7 Å². The minimum Gasteiger partial charge on any atom is -0.452 e. The Balaban J connectivity index is 1.42. The van der Waals surface area contributed by atoms with E-state index in [1.165, 1.54) is 30.6 Å². The van der Waals surface area contributed by atoms with Crippen LogP contribution in [0.15, 0.2) is 41.8 Å². The van der Waals surface area contributed by atoms with Gasteiger partial charge in [-0.15, -0.1) is 11.3 Å². The second-order valence-corrected chi connectivity index (χ2v) is 8.72. The molecular weight excluding hydrogens is 386 g/mol. The number of ether oxygens (including phenoxy) is 1. The van der Waals surface area contributed by atoms with Crippen molar-refractivity contribution in [2.24, 2.45) is 5.92 Å². The van der Waals surface area contributed by atoms with Crippen molar-refractivity contribution in [3.05, 3.63) is 57.8 Å². The summed E-state index contributed by atoms with van der Waals surface area (Å²) in [7, 11) is 0. The number of carbonyl (C=O) groups is 3. The number of esters is 1. The Morgan fingerprint density at radius 2 is 1.72 bits per heavy atom. The highest BCUT2D eigenvalue weighted by atomic mass is 32.1. The van der Waals surface area contributed by atoms with Crippen LogP contribution in [-0.2, 0) is 9.53 Å². The van der Waals surface area contributed by atoms with Gasteiger partial charge in [-0.1, -0.05) is 37.1 Å². The minimum absolute atomic E-state index is 0.128. The second kappa shape index (κ2) is 8.91. The number of amides is 1. The third-order valence-electron chi connectivity index (χ3n) is 6.03. The van der Waals surface area contributed by atoms with Crippen molar-refractivity contribution < 1.29 is 19.1 Å². The number of rotatable bonds is 5. The molecule has 29 heavy (non-hydrogen) atoms. The molecule has 2 heterocycles. The van der Waals surface area contributed by atoms with Gasteiger partial charge in [0.2, 0.25) is 5.78 Å². The number of hydrogen-bond acceptors (Lipinski definition) is 5. The first-order valence-corrected chi connectivity index (χ1v) is 11.2. The van der Waals surface area contributed by atoms with Crippen molar-refractivity contribution in [1.29, 1.82) is 0 Å². The normalized spacial score (nSPS) is 21.3. The molecule has 2 aromatic rings. The molecule has 0 bridgehead atoms. The maximum absolute atomic E-state index is 12.8. The molecule has 1 aliphatic heterocycles. The lowest BCUT2D eigenvalue weighted by atomic mass is 9.78. The highest BCUT2D eigenvalue weighted by Crippen LogP contribution is 2.35. The highest BCUT2D eigenvalue weighted by Gasteiger charge is 2.36. The van der Waals surface area contributed by atoms with Gasteiger partial charge < -0.3 is 9.64 Å². The Labute approximate surface area is 174 Å². The van der Waals surface area contributed by atoms with Crippen LogP contribution in [0.2, 0.25) is 0 Å². The molecule has 0 radical (unpaired) electrons. The van der Waals surface area contributed by atoms with Crippen LogP contribution < -0.4 is 0 Å². The van der Waals surface area contributed by atoms with Gasteiger partial charge in [0.25, 0.3) is 5.91 Å². The first kappa shape index (κ1) is 19.8. The Morgan fingerprint density at radius 3 is 2.52 bits per heavy atom. The molecule has 2 fully saturated rings. The van der Waals surface area contributed by atoms with Crippen LogP contribution in [0.4, 0.5) is 0 Å². The summed E-state index contributed by atoms with van der Waals surface area (Å²) >= 11 is 1.33. The lowest BCUT2D eigenvalue weighted by Crippen LogP contribution is -2.50. The third kappa shape index (κ3) is 4.27. The summed E-state index contributed by atoms with van der Waals surface area (Å²) in [5, 5.41) is 1.82. The number of thiophene rings is 1. The van der Waals surface area contributed by atoms with E-state index in [0.717, 1.165) is 25.8 Å². The Hall–Kier alpha value is -2.47. The number of fused-ring (bicyclic) bond motifs is 1. The SMILES string of the molecule is O=C(OCC(=O)N1CCC[C@H]2CCCC[C@@H]21)c1ccccc1C(=O)c1cccs1. The monoisotopic (exact) mass is 411 g/mol. The zero-order chi connectivity index (χ0) is 20.2. The fourth-order valence-electron chi connectivity index (χ4n) is 4.62. The zero-order valence-electron chi connectivity index (χ0n) is 16.3. The molecule has 5 nitrogen and oxygen atoms in total. The van der Waals surface area contributed by atoms with Crippen LogP contribution in [0.3, 0.4) is 0 Å². The van der Waals surface area contributed by atoms with Crippen LogP contribution in [0, 0.1) is 5.92 Å². The van der Waals surface area contributed by atoms with Gasteiger partial charge in [0.1, 0.15) is 0 Å². The van der Waals surface area contributed by atoms with Gasteiger partial charge in [-0.3, -0.25) is 9.59 Å². The summed E-state index contributed by atoms with van der Waals surface area (Å²) in [6, 6.07) is 10.4. The van der Waals surface area contributed by atoms with Crippen molar-refractivity contribution in [1.82, 2.24) is 4.90 Å². The van der Waals surface area contributed by atoms with Crippen LogP contribution in [0.25, 0.3) is 0 Å². The second-order valence-electron chi connectivity index (χ2n) is 7.77. The van der Waals surface area contributed by atoms with E-state index in [-0.39, 0.29) is 29.9 Å². The summed E-state index contributed by atoms with van der Waals surface area (Å²) in [5.41, 5.74) is 0.505. The molecule has 1 aliphatic carbocycles. The number of likely N-dealkylation sites (tertiary alicyclic amines) is 1. The number of carbonyl (C=O) groups excluding carboxylic acids is 3. The van der Waals surface area contributed by atoms with E-state index in [0.29, 0.717) is 16.4 Å². The fourth-order valence-corrected chi connectivity index (χ4v) is 5.30. The van der Waals surface area contributed by atoms with Gasteiger partial charge in [-0.25, -0.2) is 4.79 Å². The lowest BCUT2D eigenvalue weighted by Gasteiger charge is -2.44. The molecule has 6 heteroatoms. The molecule has 2 atom stereocenters. The molecule has 0 N–H and O–H groups in total. The summed E-state index contributed by atoms with van der Waals surface area (Å²) < 4.78 is 5.35. The van der Waals surface area contributed by atoms with E-state index in [2.05, 4.69) is 0 Å². The predicted molar refractivity (Wildman–Crippen MR) is 111 cm³/mol. The Bertz CT molecular complexity index is 890. The average molecular weight is 412 g/mol. The van der Waals surface area contributed by atoms with E-state index in [1.807, 2.05) is 10.3 Å². The molecule has 1 aromatic carbocycles. The minimum atomic E-state index is -0.629. The zero-order valence-corrected chi connectivity index (χ0v) is 17.2. The van der Waals surface area contributed by atoms with E-state index in [9.17, 15) is 14.4 Å². The number of hydrogen-bond donors (Lipinski definition) is 0. The molecule has 4 rings (SSSR count). The number of nitrogens with zero attached hydrogens (tertiary/aromatic N) is 1.